The maximum Gasteiger partial charge on any atom is 0.191 e. The Balaban J connectivity index is 0.00000243. The first kappa shape index (κ1) is 21.5. The highest BCUT2D eigenvalue weighted by molar-refractivity contribution is 14.0. The second-order valence-electron chi connectivity index (χ2n) is 7.89. The summed E-state index contributed by atoms with van der Waals surface area (Å²) in [6, 6.07) is 12.1. The molecule has 1 saturated heterocycles. The molecule has 2 fully saturated rings. The van der Waals surface area contributed by atoms with Gasteiger partial charge in [-0.2, -0.15) is 0 Å². The third kappa shape index (κ3) is 5.59. The minimum Gasteiger partial charge on any atom is -0.357 e. The van der Waals surface area contributed by atoms with Gasteiger partial charge in [0.1, 0.15) is 0 Å². The summed E-state index contributed by atoms with van der Waals surface area (Å²) >= 11 is 0. The van der Waals surface area contributed by atoms with E-state index in [1.54, 1.807) is 0 Å². The molecule has 0 amide bonds. The van der Waals surface area contributed by atoms with Crippen LogP contribution in [0.2, 0.25) is 0 Å². The van der Waals surface area contributed by atoms with Crippen LogP contribution in [0.4, 0.5) is 0 Å². The summed E-state index contributed by atoms with van der Waals surface area (Å²) in [6.07, 6.45) is 4.91. The van der Waals surface area contributed by atoms with Crippen LogP contribution in [0.1, 0.15) is 52.0 Å². The predicted octanol–water partition coefficient (Wildman–Crippen LogP) is 3.76. The van der Waals surface area contributed by atoms with Crippen LogP contribution in [0.5, 0.6) is 0 Å². The Morgan fingerprint density at radius 3 is 2.38 bits per heavy atom. The standard InChI is InChI=1S/C21H34N4.HI/c1-4-22-20(24-19-10-14-25(15-11-19)17(2)3)23-16-21(12-13-21)18-8-6-5-7-9-18;/h5-9,17,19H,4,10-16H2,1-3H3,(H2,22,23,24);1H. The summed E-state index contributed by atoms with van der Waals surface area (Å²) < 4.78 is 0. The number of hydrogen-bond donors (Lipinski definition) is 2. The van der Waals surface area contributed by atoms with Gasteiger partial charge in [-0.15, -0.1) is 24.0 Å². The van der Waals surface area contributed by atoms with Crippen LogP contribution in [0.25, 0.3) is 0 Å². The van der Waals surface area contributed by atoms with Crippen LogP contribution < -0.4 is 10.6 Å². The van der Waals surface area contributed by atoms with Gasteiger partial charge in [0.25, 0.3) is 0 Å². The molecule has 1 aromatic carbocycles. The molecule has 0 spiro atoms. The molecule has 2 N–H and O–H groups in total. The molecule has 146 valence electrons. The Bertz CT molecular complexity index is 561. The van der Waals surface area contributed by atoms with Crippen LogP contribution in [-0.4, -0.2) is 49.1 Å². The van der Waals surface area contributed by atoms with Crippen LogP contribution in [0.3, 0.4) is 0 Å². The fraction of sp³-hybridized carbons (Fsp3) is 0.667. The zero-order valence-electron chi connectivity index (χ0n) is 16.5. The summed E-state index contributed by atoms with van der Waals surface area (Å²) in [5.41, 5.74) is 1.73. The molecule has 5 heteroatoms. The number of halogens is 1. The zero-order valence-corrected chi connectivity index (χ0v) is 18.8. The molecule has 2 aliphatic rings. The Morgan fingerprint density at radius 2 is 1.85 bits per heavy atom. The molecule has 1 aromatic rings. The van der Waals surface area contributed by atoms with E-state index < -0.39 is 0 Å². The molecule has 1 saturated carbocycles. The molecule has 0 radical (unpaired) electrons. The highest BCUT2D eigenvalue weighted by Gasteiger charge is 2.44. The molecule has 3 rings (SSSR count). The van der Waals surface area contributed by atoms with Crippen molar-refractivity contribution in [2.75, 3.05) is 26.2 Å². The lowest BCUT2D eigenvalue weighted by atomic mass is 9.96. The van der Waals surface area contributed by atoms with Crippen molar-refractivity contribution in [1.29, 1.82) is 0 Å². The molecule has 0 atom stereocenters. The van der Waals surface area contributed by atoms with E-state index >= 15 is 0 Å². The lowest BCUT2D eigenvalue weighted by molar-refractivity contribution is 0.167. The maximum atomic E-state index is 4.95. The van der Waals surface area contributed by atoms with E-state index in [-0.39, 0.29) is 29.4 Å². The Morgan fingerprint density at radius 1 is 1.19 bits per heavy atom. The van der Waals surface area contributed by atoms with E-state index in [2.05, 4.69) is 66.6 Å². The van der Waals surface area contributed by atoms with Crippen molar-refractivity contribution in [3.05, 3.63) is 35.9 Å². The second-order valence-corrected chi connectivity index (χ2v) is 7.89. The topological polar surface area (TPSA) is 39.7 Å². The van der Waals surface area contributed by atoms with Crippen LogP contribution >= 0.6 is 24.0 Å². The minimum atomic E-state index is 0. The van der Waals surface area contributed by atoms with Crippen LogP contribution in [0.15, 0.2) is 35.3 Å². The zero-order chi connectivity index (χ0) is 17.7. The number of likely N-dealkylation sites (tertiary alicyclic amines) is 1. The van der Waals surface area contributed by atoms with Gasteiger partial charge in [-0.3, -0.25) is 4.99 Å². The van der Waals surface area contributed by atoms with E-state index in [4.69, 9.17) is 4.99 Å². The number of piperidine rings is 1. The van der Waals surface area contributed by atoms with Gasteiger partial charge < -0.3 is 15.5 Å². The number of hydrogen-bond acceptors (Lipinski definition) is 2. The van der Waals surface area contributed by atoms with Crippen molar-refractivity contribution in [3.8, 4) is 0 Å². The molecule has 1 aliphatic heterocycles. The SMILES string of the molecule is CCNC(=NCC1(c2ccccc2)CC1)NC1CCN(C(C)C)CC1.I. The fourth-order valence-electron chi connectivity index (χ4n) is 3.78. The van der Waals surface area contributed by atoms with Crippen molar-refractivity contribution >= 4 is 29.9 Å². The third-order valence-corrected chi connectivity index (χ3v) is 5.72. The van der Waals surface area contributed by atoms with Crippen LogP contribution in [-0.2, 0) is 5.41 Å². The molecule has 26 heavy (non-hydrogen) atoms. The van der Waals surface area contributed by atoms with E-state index in [1.165, 1.54) is 44.3 Å². The summed E-state index contributed by atoms with van der Waals surface area (Å²) in [7, 11) is 0. The molecule has 4 nitrogen and oxygen atoms in total. The molecule has 0 aromatic heterocycles. The lowest BCUT2D eigenvalue weighted by Crippen LogP contribution is -2.50. The van der Waals surface area contributed by atoms with Gasteiger partial charge in [0.2, 0.25) is 0 Å². The van der Waals surface area contributed by atoms with E-state index in [1.807, 2.05) is 0 Å². The fourth-order valence-corrected chi connectivity index (χ4v) is 3.78. The van der Waals surface area contributed by atoms with E-state index in [0.717, 1.165) is 19.0 Å². The normalized spacial score (nSPS) is 20.5. The first-order valence-corrected chi connectivity index (χ1v) is 9.97. The van der Waals surface area contributed by atoms with Crippen molar-refractivity contribution < 1.29 is 0 Å². The van der Waals surface area contributed by atoms with Gasteiger partial charge in [-0.25, -0.2) is 0 Å². The van der Waals surface area contributed by atoms with Crippen molar-refractivity contribution in [1.82, 2.24) is 15.5 Å². The summed E-state index contributed by atoms with van der Waals surface area (Å²) in [4.78, 5) is 7.52. The summed E-state index contributed by atoms with van der Waals surface area (Å²) in [5, 5.41) is 7.12. The first-order chi connectivity index (χ1) is 12.1. The molecule has 1 aliphatic carbocycles. The smallest absolute Gasteiger partial charge is 0.191 e. The average molecular weight is 470 g/mol. The Labute approximate surface area is 176 Å². The Hall–Kier alpha value is -0.820. The van der Waals surface area contributed by atoms with Gasteiger partial charge in [0.15, 0.2) is 5.96 Å². The van der Waals surface area contributed by atoms with E-state index in [0.29, 0.717) is 12.1 Å². The Kier molecular flexibility index (Phi) is 8.20. The number of rotatable bonds is 6. The number of aliphatic imine (C=N–C) groups is 1. The first-order valence-electron chi connectivity index (χ1n) is 9.97. The van der Waals surface area contributed by atoms with Crippen molar-refractivity contribution in [2.24, 2.45) is 4.99 Å². The highest BCUT2D eigenvalue weighted by atomic mass is 127. The van der Waals surface area contributed by atoms with Gasteiger partial charge in [0.05, 0.1) is 6.54 Å². The number of benzene rings is 1. The van der Waals surface area contributed by atoms with Gasteiger partial charge in [-0.05, 0) is 52.0 Å². The summed E-state index contributed by atoms with van der Waals surface area (Å²) in [5.74, 6) is 0.993. The molecule has 0 unspecified atom stereocenters. The van der Waals surface area contributed by atoms with Gasteiger partial charge in [-0.1, -0.05) is 30.3 Å². The minimum absolute atomic E-state index is 0. The number of guanidine groups is 1. The molecule has 0 bridgehead atoms. The molecular formula is C21H35IN4. The molecule has 1 heterocycles. The average Bonchev–Trinajstić information content (AvgIpc) is 3.42. The van der Waals surface area contributed by atoms with Crippen LogP contribution in [0, 0.1) is 0 Å². The second kappa shape index (κ2) is 9.93. The number of nitrogens with one attached hydrogen (secondary N) is 2. The van der Waals surface area contributed by atoms with Gasteiger partial charge >= 0.3 is 0 Å². The predicted molar refractivity (Wildman–Crippen MR) is 122 cm³/mol. The van der Waals surface area contributed by atoms with Gasteiger partial charge in [0, 0.05) is 37.1 Å². The summed E-state index contributed by atoms with van der Waals surface area (Å²) in [6.45, 7) is 10.9. The maximum absolute atomic E-state index is 4.95. The highest BCUT2D eigenvalue weighted by Crippen LogP contribution is 2.48. The van der Waals surface area contributed by atoms with Crippen molar-refractivity contribution in [3.63, 3.8) is 0 Å². The monoisotopic (exact) mass is 470 g/mol. The third-order valence-electron chi connectivity index (χ3n) is 5.72. The largest absolute Gasteiger partial charge is 0.357 e. The van der Waals surface area contributed by atoms with Crippen molar-refractivity contribution in [2.45, 2.75) is 64.0 Å². The molecular weight excluding hydrogens is 435 g/mol. The quantitative estimate of drug-likeness (QED) is 0.378. The number of nitrogens with zero attached hydrogens (tertiary/aromatic N) is 2. The lowest BCUT2D eigenvalue weighted by Gasteiger charge is -2.35. The van der Waals surface area contributed by atoms with E-state index in [9.17, 15) is 0 Å².